The van der Waals surface area contributed by atoms with Crippen LogP contribution >= 0.6 is 0 Å². The van der Waals surface area contributed by atoms with Crippen molar-refractivity contribution in [3.63, 3.8) is 0 Å². The monoisotopic (exact) mass is 286 g/mol. The van der Waals surface area contributed by atoms with E-state index in [1.807, 2.05) is 13.0 Å². The lowest BCUT2D eigenvalue weighted by Crippen LogP contribution is -2.05. The fourth-order valence-corrected chi connectivity index (χ4v) is 2.49. The molecule has 5 heteroatoms. The summed E-state index contributed by atoms with van der Waals surface area (Å²) in [6.07, 6.45) is 4.93. The third kappa shape index (κ3) is 5.20. The minimum Gasteiger partial charge on any atom is -0.492 e. The molecule has 0 aliphatic carbocycles. The Hall–Kier alpha value is -1.07. The van der Waals surface area contributed by atoms with Gasteiger partial charge in [0.2, 0.25) is 0 Å². The summed E-state index contributed by atoms with van der Waals surface area (Å²) in [5.41, 5.74) is 0.853. The third-order valence-corrected chi connectivity index (χ3v) is 3.82. The Morgan fingerprint density at radius 3 is 2.47 bits per heavy atom. The number of rotatable bonds is 8. The molecule has 19 heavy (non-hydrogen) atoms. The molecule has 4 nitrogen and oxygen atoms in total. The number of hydrogen-bond donors (Lipinski definition) is 1. The lowest BCUT2D eigenvalue weighted by atomic mass is 10.2. The van der Waals surface area contributed by atoms with E-state index < -0.39 is 10.1 Å². The molecule has 1 rings (SSSR count). The molecule has 0 aliphatic heterocycles. The van der Waals surface area contributed by atoms with Crippen molar-refractivity contribution >= 4 is 10.1 Å². The van der Waals surface area contributed by atoms with E-state index in [4.69, 9.17) is 4.74 Å². The van der Waals surface area contributed by atoms with Gasteiger partial charge in [-0.2, -0.15) is 8.42 Å². The van der Waals surface area contributed by atoms with Crippen molar-refractivity contribution in [2.45, 2.75) is 50.8 Å². The SMILES string of the molecule is CCCCCCOc1ccc(CC)cc1S(=O)(=O)O. The molecule has 0 fully saturated rings. The highest BCUT2D eigenvalue weighted by atomic mass is 32.2. The maximum atomic E-state index is 11.3. The van der Waals surface area contributed by atoms with E-state index in [9.17, 15) is 13.0 Å². The molecule has 0 aromatic heterocycles. The first kappa shape index (κ1) is 16.0. The predicted molar refractivity (Wildman–Crippen MR) is 75.3 cm³/mol. The van der Waals surface area contributed by atoms with E-state index >= 15 is 0 Å². The lowest BCUT2D eigenvalue weighted by molar-refractivity contribution is 0.296. The van der Waals surface area contributed by atoms with Crippen molar-refractivity contribution in [2.75, 3.05) is 6.61 Å². The van der Waals surface area contributed by atoms with Crippen LogP contribution in [0.4, 0.5) is 0 Å². The molecule has 0 amide bonds. The van der Waals surface area contributed by atoms with Crippen LogP contribution in [0.5, 0.6) is 5.75 Å². The first-order valence-corrected chi connectivity index (χ1v) is 8.16. The lowest BCUT2D eigenvalue weighted by Gasteiger charge is -2.11. The highest BCUT2D eigenvalue weighted by molar-refractivity contribution is 7.86. The zero-order valence-electron chi connectivity index (χ0n) is 11.6. The average molecular weight is 286 g/mol. The van der Waals surface area contributed by atoms with Gasteiger partial charge in [-0.1, -0.05) is 39.2 Å². The van der Waals surface area contributed by atoms with Crippen LogP contribution in [0.2, 0.25) is 0 Å². The Morgan fingerprint density at radius 2 is 1.89 bits per heavy atom. The summed E-state index contributed by atoms with van der Waals surface area (Å²) in [6.45, 7) is 4.52. The van der Waals surface area contributed by atoms with Crippen LogP contribution < -0.4 is 4.74 Å². The quantitative estimate of drug-likeness (QED) is 0.587. The van der Waals surface area contributed by atoms with Crippen molar-refractivity contribution in [1.29, 1.82) is 0 Å². The van der Waals surface area contributed by atoms with E-state index in [0.29, 0.717) is 13.0 Å². The van der Waals surface area contributed by atoms with E-state index in [1.165, 1.54) is 6.07 Å². The molecule has 1 aromatic carbocycles. The zero-order valence-corrected chi connectivity index (χ0v) is 12.4. The molecular weight excluding hydrogens is 264 g/mol. The Balaban J connectivity index is 2.77. The van der Waals surface area contributed by atoms with Gasteiger partial charge in [0.15, 0.2) is 0 Å². The fourth-order valence-electron chi connectivity index (χ4n) is 1.80. The van der Waals surface area contributed by atoms with Crippen LogP contribution in [0.3, 0.4) is 0 Å². The van der Waals surface area contributed by atoms with E-state index in [0.717, 1.165) is 31.2 Å². The van der Waals surface area contributed by atoms with Crippen LogP contribution in [0.15, 0.2) is 23.1 Å². The molecule has 0 bridgehead atoms. The second-order valence-corrected chi connectivity index (χ2v) is 5.91. The molecule has 0 unspecified atom stereocenters. The highest BCUT2D eigenvalue weighted by Crippen LogP contribution is 2.25. The Kier molecular flexibility index (Phi) is 6.31. The van der Waals surface area contributed by atoms with Gasteiger partial charge >= 0.3 is 0 Å². The van der Waals surface area contributed by atoms with Gasteiger partial charge in [-0.25, -0.2) is 0 Å². The summed E-state index contributed by atoms with van der Waals surface area (Å²) in [6, 6.07) is 4.90. The smallest absolute Gasteiger partial charge is 0.298 e. The number of unbranched alkanes of at least 4 members (excludes halogenated alkanes) is 3. The molecule has 1 N–H and O–H groups in total. The van der Waals surface area contributed by atoms with Gasteiger partial charge in [0.25, 0.3) is 10.1 Å². The molecule has 0 saturated heterocycles. The Labute approximate surface area is 115 Å². The Morgan fingerprint density at radius 1 is 1.16 bits per heavy atom. The Bertz CT molecular complexity index is 494. The van der Waals surface area contributed by atoms with Crippen LogP contribution in [0, 0.1) is 0 Å². The molecule has 0 saturated carbocycles. The summed E-state index contributed by atoms with van der Waals surface area (Å²) in [4.78, 5) is -0.137. The molecule has 0 atom stereocenters. The molecule has 108 valence electrons. The normalized spacial score (nSPS) is 11.5. The fraction of sp³-hybridized carbons (Fsp3) is 0.571. The molecule has 0 radical (unpaired) electrons. The first-order chi connectivity index (χ1) is 8.99. The second-order valence-electron chi connectivity index (χ2n) is 4.52. The maximum Gasteiger partial charge on any atom is 0.298 e. The number of benzene rings is 1. The summed E-state index contributed by atoms with van der Waals surface area (Å²) < 4.78 is 37.4. The van der Waals surface area contributed by atoms with Crippen molar-refractivity contribution in [3.8, 4) is 5.75 Å². The van der Waals surface area contributed by atoms with Crippen LogP contribution in [-0.2, 0) is 16.5 Å². The number of hydrogen-bond acceptors (Lipinski definition) is 3. The van der Waals surface area contributed by atoms with Crippen molar-refractivity contribution < 1.29 is 17.7 Å². The van der Waals surface area contributed by atoms with Crippen LogP contribution in [0.1, 0.15) is 45.1 Å². The van der Waals surface area contributed by atoms with Gasteiger partial charge in [-0.15, -0.1) is 0 Å². The largest absolute Gasteiger partial charge is 0.492 e. The molecular formula is C14H22O4S. The highest BCUT2D eigenvalue weighted by Gasteiger charge is 2.17. The topological polar surface area (TPSA) is 63.6 Å². The average Bonchev–Trinajstić information content (AvgIpc) is 2.37. The molecule has 1 aromatic rings. The summed E-state index contributed by atoms with van der Waals surface area (Å²) in [5, 5.41) is 0. The maximum absolute atomic E-state index is 11.3. The van der Waals surface area contributed by atoms with Gasteiger partial charge in [0, 0.05) is 0 Å². The molecule has 0 heterocycles. The van der Waals surface area contributed by atoms with Crippen molar-refractivity contribution in [2.24, 2.45) is 0 Å². The summed E-state index contributed by atoms with van der Waals surface area (Å²) in [7, 11) is -4.24. The summed E-state index contributed by atoms with van der Waals surface area (Å²) >= 11 is 0. The second kappa shape index (κ2) is 7.50. The van der Waals surface area contributed by atoms with Gasteiger partial charge < -0.3 is 4.74 Å². The van der Waals surface area contributed by atoms with E-state index in [2.05, 4.69) is 6.92 Å². The van der Waals surface area contributed by atoms with E-state index in [-0.39, 0.29) is 10.6 Å². The van der Waals surface area contributed by atoms with E-state index in [1.54, 1.807) is 6.07 Å². The molecule has 0 spiro atoms. The van der Waals surface area contributed by atoms with Gasteiger partial charge in [0.1, 0.15) is 10.6 Å². The third-order valence-electron chi connectivity index (χ3n) is 2.95. The first-order valence-electron chi connectivity index (χ1n) is 6.72. The van der Waals surface area contributed by atoms with Crippen molar-refractivity contribution in [3.05, 3.63) is 23.8 Å². The van der Waals surface area contributed by atoms with Gasteiger partial charge in [0.05, 0.1) is 6.61 Å². The van der Waals surface area contributed by atoms with Crippen LogP contribution in [0.25, 0.3) is 0 Å². The van der Waals surface area contributed by atoms with Crippen LogP contribution in [-0.4, -0.2) is 19.6 Å². The van der Waals surface area contributed by atoms with Gasteiger partial charge in [-0.05, 0) is 30.5 Å². The predicted octanol–water partition coefficient (Wildman–Crippen LogP) is 3.45. The minimum absolute atomic E-state index is 0.137. The number of ether oxygens (including phenoxy) is 1. The van der Waals surface area contributed by atoms with Crippen molar-refractivity contribution in [1.82, 2.24) is 0 Å². The minimum atomic E-state index is -4.24. The zero-order chi connectivity index (χ0) is 14.3. The molecule has 0 aliphatic rings. The van der Waals surface area contributed by atoms with Gasteiger partial charge in [-0.3, -0.25) is 4.55 Å². The number of aryl methyl sites for hydroxylation is 1. The standard InChI is InChI=1S/C14H22O4S/c1-3-5-6-7-10-18-13-9-8-12(4-2)11-14(13)19(15,16)17/h8-9,11H,3-7,10H2,1-2H3,(H,15,16,17). The summed E-state index contributed by atoms with van der Waals surface area (Å²) in [5.74, 6) is 0.233.